The van der Waals surface area contributed by atoms with Gasteiger partial charge in [0.2, 0.25) is 0 Å². The molecule has 0 fully saturated rings. The van der Waals surface area contributed by atoms with E-state index in [0.29, 0.717) is 23.6 Å². The Hall–Kier alpha value is -2.52. The van der Waals surface area contributed by atoms with Crippen molar-refractivity contribution in [1.82, 2.24) is 4.90 Å². The van der Waals surface area contributed by atoms with Crippen molar-refractivity contribution < 1.29 is 14.3 Å². The summed E-state index contributed by atoms with van der Waals surface area (Å²) in [5, 5.41) is 9.03. The van der Waals surface area contributed by atoms with Crippen LogP contribution in [0.3, 0.4) is 0 Å². The Morgan fingerprint density at radius 3 is 2.71 bits per heavy atom. The van der Waals surface area contributed by atoms with E-state index in [1.54, 1.807) is 43.3 Å². The lowest BCUT2D eigenvalue weighted by atomic mass is 10.2. The molecule has 0 radical (unpaired) electrons. The van der Waals surface area contributed by atoms with E-state index in [-0.39, 0.29) is 12.5 Å². The number of nitriles is 1. The number of rotatable bonds is 6. The molecule has 0 aromatic heterocycles. The molecule has 0 bridgehead atoms. The average Bonchev–Trinajstić information content (AvgIpc) is 2.60. The second-order valence-corrected chi connectivity index (χ2v) is 6.02. The summed E-state index contributed by atoms with van der Waals surface area (Å²) in [6, 6.07) is 14.5. The number of carbonyl (C=O) groups is 1. The zero-order chi connectivity index (χ0) is 17.5. The lowest BCUT2D eigenvalue weighted by Crippen LogP contribution is -2.31. The molecule has 124 valence electrons. The number of para-hydroxylation sites is 1. The van der Waals surface area contributed by atoms with Crippen molar-refractivity contribution in [3.8, 4) is 17.6 Å². The van der Waals surface area contributed by atoms with Gasteiger partial charge in [0, 0.05) is 23.6 Å². The standard InChI is InChI=1S/C18H17BrN2O3/c1-21(11-14-9-15(19)7-8-16(14)23-2)18(22)12-24-17-6-4-3-5-13(17)10-20/h3-9H,11-12H2,1-2H3. The molecule has 2 aromatic carbocycles. The van der Waals surface area contributed by atoms with Crippen molar-refractivity contribution >= 4 is 21.8 Å². The minimum Gasteiger partial charge on any atom is -0.496 e. The minimum absolute atomic E-state index is 0.133. The van der Waals surface area contributed by atoms with Crippen molar-refractivity contribution in [1.29, 1.82) is 5.26 Å². The molecule has 0 unspecified atom stereocenters. The predicted octanol–water partition coefficient (Wildman–Crippen LogP) is 3.37. The lowest BCUT2D eigenvalue weighted by molar-refractivity contribution is -0.132. The lowest BCUT2D eigenvalue weighted by Gasteiger charge is -2.19. The van der Waals surface area contributed by atoms with Crippen LogP contribution in [-0.4, -0.2) is 31.6 Å². The van der Waals surface area contributed by atoms with E-state index in [0.717, 1.165) is 10.0 Å². The van der Waals surface area contributed by atoms with Gasteiger partial charge in [-0.1, -0.05) is 28.1 Å². The van der Waals surface area contributed by atoms with E-state index in [1.165, 1.54) is 0 Å². The maximum atomic E-state index is 12.3. The Morgan fingerprint density at radius 1 is 1.25 bits per heavy atom. The fraction of sp³-hybridized carbons (Fsp3) is 0.222. The molecule has 0 aliphatic heterocycles. The first-order chi connectivity index (χ1) is 11.5. The Balaban J connectivity index is 2.00. The zero-order valence-corrected chi connectivity index (χ0v) is 15.0. The molecule has 0 saturated heterocycles. The van der Waals surface area contributed by atoms with Gasteiger partial charge in [-0.3, -0.25) is 4.79 Å². The summed E-state index contributed by atoms with van der Waals surface area (Å²) >= 11 is 3.42. The van der Waals surface area contributed by atoms with E-state index in [9.17, 15) is 4.79 Å². The first-order valence-electron chi connectivity index (χ1n) is 7.23. The highest BCUT2D eigenvalue weighted by Crippen LogP contribution is 2.24. The van der Waals surface area contributed by atoms with Gasteiger partial charge in [0.05, 0.1) is 12.7 Å². The van der Waals surface area contributed by atoms with Gasteiger partial charge in [-0.25, -0.2) is 0 Å². The van der Waals surface area contributed by atoms with Gasteiger partial charge in [0.25, 0.3) is 5.91 Å². The van der Waals surface area contributed by atoms with Crippen LogP contribution in [0.4, 0.5) is 0 Å². The first-order valence-corrected chi connectivity index (χ1v) is 8.02. The number of likely N-dealkylation sites (N-methyl/N-ethyl adjacent to an activating group) is 1. The molecule has 2 aromatic rings. The Morgan fingerprint density at radius 2 is 2.00 bits per heavy atom. The van der Waals surface area contributed by atoms with Crippen molar-refractivity contribution in [2.45, 2.75) is 6.54 Å². The summed E-state index contributed by atoms with van der Waals surface area (Å²) in [4.78, 5) is 13.8. The van der Waals surface area contributed by atoms with Crippen LogP contribution in [0.15, 0.2) is 46.9 Å². The van der Waals surface area contributed by atoms with Gasteiger partial charge in [-0.05, 0) is 30.3 Å². The van der Waals surface area contributed by atoms with Gasteiger partial charge in [-0.2, -0.15) is 5.26 Å². The second kappa shape index (κ2) is 8.37. The summed E-state index contributed by atoms with van der Waals surface area (Å²) in [5.74, 6) is 0.931. The van der Waals surface area contributed by atoms with Crippen LogP contribution in [0, 0.1) is 11.3 Å². The van der Waals surface area contributed by atoms with Crippen LogP contribution in [0.2, 0.25) is 0 Å². The Labute approximate surface area is 149 Å². The van der Waals surface area contributed by atoms with E-state index >= 15 is 0 Å². The largest absolute Gasteiger partial charge is 0.496 e. The van der Waals surface area contributed by atoms with Crippen LogP contribution < -0.4 is 9.47 Å². The van der Waals surface area contributed by atoms with E-state index in [1.807, 2.05) is 24.3 Å². The predicted molar refractivity (Wildman–Crippen MR) is 93.8 cm³/mol. The average molecular weight is 389 g/mol. The molecule has 0 atom stereocenters. The molecule has 5 nitrogen and oxygen atoms in total. The van der Waals surface area contributed by atoms with Gasteiger partial charge in [0.1, 0.15) is 17.6 Å². The first kappa shape index (κ1) is 17.8. The van der Waals surface area contributed by atoms with E-state index < -0.39 is 0 Å². The number of methoxy groups -OCH3 is 1. The smallest absolute Gasteiger partial charge is 0.260 e. The molecule has 2 rings (SSSR count). The topological polar surface area (TPSA) is 62.6 Å². The summed E-state index contributed by atoms with van der Waals surface area (Å²) in [6.07, 6.45) is 0. The third-order valence-electron chi connectivity index (χ3n) is 3.43. The van der Waals surface area contributed by atoms with Gasteiger partial charge < -0.3 is 14.4 Å². The summed E-state index contributed by atoms with van der Waals surface area (Å²) in [5.41, 5.74) is 1.29. The second-order valence-electron chi connectivity index (χ2n) is 5.10. The zero-order valence-electron chi connectivity index (χ0n) is 13.5. The number of hydrogen-bond donors (Lipinski definition) is 0. The van der Waals surface area contributed by atoms with Crippen molar-refractivity contribution in [2.24, 2.45) is 0 Å². The van der Waals surface area contributed by atoms with Crippen LogP contribution in [0.1, 0.15) is 11.1 Å². The molecule has 6 heteroatoms. The summed E-state index contributed by atoms with van der Waals surface area (Å²) < 4.78 is 11.7. The maximum Gasteiger partial charge on any atom is 0.260 e. The van der Waals surface area contributed by atoms with Gasteiger partial charge >= 0.3 is 0 Å². The Kier molecular flexibility index (Phi) is 6.21. The van der Waals surface area contributed by atoms with E-state index in [4.69, 9.17) is 14.7 Å². The molecular weight excluding hydrogens is 372 g/mol. The van der Waals surface area contributed by atoms with Gasteiger partial charge in [-0.15, -0.1) is 0 Å². The summed E-state index contributed by atoms with van der Waals surface area (Å²) in [6.45, 7) is 0.260. The van der Waals surface area contributed by atoms with Crippen LogP contribution in [0.25, 0.3) is 0 Å². The third kappa shape index (κ3) is 4.49. The number of amides is 1. The molecular formula is C18H17BrN2O3. The normalized spacial score (nSPS) is 9.92. The quantitative estimate of drug-likeness (QED) is 0.760. The maximum absolute atomic E-state index is 12.3. The fourth-order valence-corrected chi connectivity index (χ4v) is 2.56. The van der Waals surface area contributed by atoms with Gasteiger partial charge in [0.15, 0.2) is 6.61 Å². The third-order valence-corrected chi connectivity index (χ3v) is 3.93. The number of ether oxygens (including phenoxy) is 2. The number of carbonyl (C=O) groups excluding carboxylic acids is 1. The monoisotopic (exact) mass is 388 g/mol. The molecule has 0 heterocycles. The summed E-state index contributed by atoms with van der Waals surface area (Å²) in [7, 11) is 3.29. The SMILES string of the molecule is COc1ccc(Br)cc1CN(C)C(=O)COc1ccccc1C#N. The molecule has 0 aliphatic carbocycles. The Bertz CT molecular complexity index is 771. The molecule has 24 heavy (non-hydrogen) atoms. The molecule has 0 N–H and O–H groups in total. The van der Waals surface area contributed by atoms with Crippen LogP contribution in [-0.2, 0) is 11.3 Å². The number of hydrogen-bond acceptors (Lipinski definition) is 4. The fourth-order valence-electron chi connectivity index (χ4n) is 2.15. The number of nitrogens with zero attached hydrogens (tertiary/aromatic N) is 2. The molecule has 0 spiro atoms. The minimum atomic E-state index is -0.190. The van der Waals surface area contributed by atoms with Crippen molar-refractivity contribution in [3.05, 3.63) is 58.1 Å². The number of benzene rings is 2. The van der Waals surface area contributed by atoms with Crippen molar-refractivity contribution in [2.75, 3.05) is 20.8 Å². The van der Waals surface area contributed by atoms with E-state index in [2.05, 4.69) is 15.9 Å². The number of halogens is 1. The molecule has 0 saturated carbocycles. The highest BCUT2D eigenvalue weighted by molar-refractivity contribution is 9.10. The van der Waals surface area contributed by atoms with Crippen molar-refractivity contribution in [3.63, 3.8) is 0 Å². The highest BCUT2D eigenvalue weighted by Gasteiger charge is 2.14. The van der Waals surface area contributed by atoms with Crippen LogP contribution >= 0.6 is 15.9 Å². The van der Waals surface area contributed by atoms with Crippen LogP contribution in [0.5, 0.6) is 11.5 Å². The molecule has 0 aliphatic rings. The highest BCUT2D eigenvalue weighted by atomic mass is 79.9. The molecule has 1 amide bonds.